The third-order valence-corrected chi connectivity index (χ3v) is 2.09. The molecular weight excluding hydrogens is 185 g/mol. The Morgan fingerprint density at radius 1 is 1.57 bits per heavy atom. The van der Waals surface area contributed by atoms with Crippen molar-refractivity contribution in [2.45, 2.75) is 6.92 Å². The molecule has 0 amide bonds. The van der Waals surface area contributed by atoms with Gasteiger partial charge in [0.25, 0.3) is 0 Å². The van der Waals surface area contributed by atoms with Crippen molar-refractivity contribution in [2.24, 2.45) is 0 Å². The fourth-order valence-electron chi connectivity index (χ4n) is 1.21. The molecule has 4 heteroatoms. The predicted molar refractivity (Wildman–Crippen MR) is 52.3 cm³/mol. The third-order valence-electron chi connectivity index (χ3n) is 2.09. The fraction of sp³-hybridized carbons (Fsp3) is 0.300. The summed E-state index contributed by atoms with van der Waals surface area (Å²) < 4.78 is 13.2. The average Bonchev–Trinajstić information content (AvgIpc) is 2.15. The first kappa shape index (κ1) is 10.5. The minimum atomic E-state index is -1.24. The fourth-order valence-corrected chi connectivity index (χ4v) is 1.21. The number of benzene rings is 1. The molecule has 0 fully saturated rings. The number of anilines is 1. The zero-order chi connectivity index (χ0) is 10.7. The molecule has 0 radical (unpaired) electrons. The predicted octanol–water partition coefficient (Wildman–Crippen LogP) is 1.98. The van der Waals surface area contributed by atoms with Crippen LogP contribution in [0.3, 0.4) is 0 Å². The number of nitrogens with zero attached hydrogens (tertiary/aromatic N) is 1. The summed E-state index contributed by atoms with van der Waals surface area (Å²) in [5, 5.41) is 8.82. The van der Waals surface area contributed by atoms with Crippen molar-refractivity contribution in [2.75, 3.05) is 18.5 Å². The highest BCUT2D eigenvalue weighted by Gasteiger charge is 2.17. The van der Waals surface area contributed by atoms with E-state index in [0.717, 1.165) is 6.07 Å². The molecule has 0 aliphatic carbocycles. The number of hydrogen-bond donors (Lipinski definition) is 1. The molecule has 1 rings (SSSR count). The van der Waals surface area contributed by atoms with Gasteiger partial charge in [0.1, 0.15) is 11.4 Å². The number of carboxylic acids is 1. The number of rotatable bonds is 3. The number of carboxylic acid groups (broad SMARTS) is 1. The molecule has 0 atom stereocenters. The van der Waals surface area contributed by atoms with E-state index in [9.17, 15) is 9.18 Å². The van der Waals surface area contributed by atoms with E-state index >= 15 is 0 Å². The lowest BCUT2D eigenvalue weighted by molar-refractivity contribution is 0.0692. The van der Waals surface area contributed by atoms with Crippen LogP contribution < -0.4 is 4.90 Å². The Hall–Kier alpha value is -1.58. The summed E-state index contributed by atoms with van der Waals surface area (Å²) in [5.41, 5.74) is 0.136. The zero-order valence-corrected chi connectivity index (χ0v) is 8.12. The van der Waals surface area contributed by atoms with E-state index in [4.69, 9.17) is 5.11 Å². The van der Waals surface area contributed by atoms with Crippen molar-refractivity contribution in [3.05, 3.63) is 29.6 Å². The quantitative estimate of drug-likeness (QED) is 0.805. The Morgan fingerprint density at radius 3 is 2.71 bits per heavy atom. The second-order valence-electron chi connectivity index (χ2n) is 2.95. The summed E-state index contributed by atoms with van der Waals surface area (Å²) in [6, 6.07) is 4.25. The molecule has 1 aromatic carbocycles. The lowest BCUT2D eigenvalue weighted by Crippen LogP contribution is -2.19. The van der Waals surface area contributed by atoms with Crippen LogP contribution in [0.25, 0.3) is 0 Å². The maximum atomic E-state index is 13.2. The number of carbonyl (C=O) groups is 1. The van der Waals surface area contributed by atoms with Crippen LogP contribution >= 0.6 is 0 Å². The van der Waals surface area contributed by atoms with Crippen molar-refractivity contribution < 1.29 is 14.3 Å². The highest BCUT2D eigenvalue weighted by molar-refractivity contribution is 5.94. The molecule has 14 heavy (non-hydrogen) atoms. The summed E-state index contributed by atoms with van der Waals surface area (Å²) in [4.78, 5) is 12.5. The van der Waals surface area contributed by atoms with Gasteiger partial charge in [-0.3, -0.25) is 0 Å². The summed E-state index contributed by atoms with van der Waals surface area (Å²) in [6.45, 7) is 2.50. The molecule has 1 N–H and O–H groups in total. The van der Waals surface area contributed by atoms with Crippen molar-refractivity contribution in [3.63, 3.8) is 0 Å². The molecule has 0 aromatic heterocycles. The van der Waals surface area contributed by atoms with E-state index in [2.05, 4.69) is 0 Å². The summed E-state index contributed by atoms with van der Waals surface area (Å²) in [6.07, 6.45) is 0. The van der Waals surface area contributed by atoms with E-state index in [-0.39, 0.29) is 5.56 Å². The van der Waals surface area contributed by atoms with Gasteiger partial charge in [-0.2, -0.15) is 0 Å². The topological polar surface area (TPSA) is 40.5 Å². The molecule has 0 aliphatic heterocycles. The Kier molecular flexibility index (Phi) is 3.06. The van der Waals surface area contributed by atoms with Gasteiger partial charge in [-0.05, 0) is 19.1 Å². The Balaban J connectivity index is 3.28. The van der Waals surface area contributed by atoms with Crippen molar-refractivity contribution in [3.8, 4) is 0 Å². The minimum Gasteiger partial charge on any atom is -0.478 e. The van der Waals surface area contributed by atoms with Gasteiger partial charge in [0, 0.05) is 13.6 Å². The first-order chi connectivity index (χ1) is 6.57. The average molecular weight is 197 g/mol. The van der Waals surface area contributed by atoms with E-state index in [0.29, 0.717) is 12.2 Å². The van der Waals surface area contributed by atoms with Gasteiger partial charge in [0.05, 0.1) is 5.69 Å². The maximum absolute atomic E-state index is 13.2. The second-order valence-corrected chi connectivity index (χ2v) is 2.95. The van der Waals surface area contributed by atoms with Gasteiger partial charge in [0.15, 0.2) is 0 Å². The standard InChI is InChI=1S/C10H12FNO2/c1-3-12(2)8-6-4-5-7(11)9(8)10(13)14/h4-6H,3H2,1-2H3,(H,13,14). The Bertz CT molecular complexity index is 352. The number of aromatic carboxylic acids is 1. The van der Waals surface area contributed by atoms with Crippen LogP contribution in [-0.4, -0.2) is 24.7 Å². The molecule has 3 nitrogen and oxygen atoms in total. The summed E-state index contributed by atoms with van der Waals surface area (Å²) in [7, 11) is 1.72. The molecule has 0 spiro atoms. The number of halogens is 1. The molecule has 0 unspecified atom stereocenters. The second kappa shape index (κ2) is 4.09. The minimum absolute atomic E-state index is 0.267. The molecule has 0 saturated carbocycles. The third kappa shape index (κ3) is 1.84. The van der Waals surface area contributed by atoms with Gasteiger partial charge in [-0.1, -0.05) is 6.07 Å². The van der Waals surface area contributed by atoms with Crippen molar-refractivity contribution in [1.82, 2.24) is 0 Å². The maximum Gasteiger partial charge on any atom is 0.340 e. The van der Waals surface area contributed by atoms with Gasteiger partial charge < -0.3 is 10.0 Å². The van der Waals surface area contributed by atoms with E-state index in [1.807, 2.05) is 6.92 Å². The van der Waals surface area contributed by atoms with Gasteiger partial charge in [0.2, 0.25) is 0 Å². The molecule has 0 heterocycles. The number of hydrogen-bond acceptors (Lipinski definition) is 2. The van der Waals surface area contributed by atoms with Crippen molar-refractivity contribution >= 4 is 11.7 Å². The largest absolute Gasteiger partial charge is 0.478 e. The first-order valence-electron chi connectivity index (χ1n) is 4.30. The van der Waals surface area contributed by atoms with E-state index in [1.165, 1.54) is 6.07 Å². The normalized spacial score (nSPS) is 9.93. The van der Waals surface area contributed by atoms with Crippen LogP contribution in [0.5, 0.6) is 0 Å². The Morgan fingerprint density at radius 2 is 2.21 bits per heavy atom. The van der Waals surface area contributed by atoms with Crippen molar-refractivity contribution in [1.29, 1.82) is 0 Å². The molecular formula is C10H12FNO2. The van der Waals surface area contributed by atoms with E-state index in [1.54, 1.807) is 18.0 Å². The highest BCUT2D eigenvalue weighted by Crippen LogP contribution is 2.21. The summed E-state index contributed by atoms with van der Waals surface area (Å²) in [5.74, 6) is -1.94. The molecule has 0 bridgehead atoms. The molecule has 76 valence electrons. The van der Waals surface area contributed by atoms with Crippen LogP contribution in [0.15, 0.2) is 18.2 Å². The molecule has 0 aliphatic rings. The smallest absolute Gasteiger partial charge is 0.340 e. The van der Waals surface area contributed by atoms with Crippen LogP contribution in [0.4, 0.5) is 10.1 Å². The summed E-state index contributed by atoms with van der Waals surface area (Å²) >= 11 is 0. The molecule has 1 aromatic rings. The first-order valence-corrected chi connectivity index (χ1v) is 4.30. The highest BCUT2D eigenvalue weighted by atomic mass is 19.1. The zero-order valence-electron chi connectivity index (χ0n) is 8.12. The van der Waals surface area contributed by atoms with Crippen LogP contribution in [0.2, 0.25) is 0 Å². The van der Waals surface area contributed by atoms with Gasteiger partial charge in [-0.25, -0.2) is 9.18 Å². The van der Waals surface area contributed by atoms with Gasteiger partial charge in [-0.15, -0.1) is 0 Å². The SMILES string of the molecule is CCN(C)c1cccc(F)c1C(=O)O. The monoisotopic (exact) mass is 197 g/mol. The molecule has 0 saturated heterocycles. The van der Waals surface area contributed by atoms with E-state index < -0.39 is 11.8 Å². The lowest BCUT2D eigenvalue weighted by Gasteiger charge is -2.19. The van der Waals surface area contributed by atoms with Crippen LogP contribution in [0.1, 0.15) is 17.3 Å². The van der Waals surface area contributed by atoms with Gasteiger partial charge >= 0.3 is 5.97 Å². The van der Waals surface area contributed by atoms with Crippen LogP contribution in [-0.2, 0) is 0 Å². The Labute approximate surface area is 81.8 Å². The lowest BCUT2D eigenvalue weighted by atomic mass is 10.1. The van der Waals surface area contributed by atoms with Crippen LogP contribution in [0, 0.1) is 5.82 Å².